The molecule has 0 aromatic heterocycles. The molecule has 0 saturated heterocycles. The largest absolute Gasteiger partial charge is 0.373 e. The van der Waals surface area contributed by atoms with Crippen LogP contribution >= 0.6 is 15.9 Å². The van der Waals surface area contributed by atoms with Gasteiger partial charge in [-0.1, -0.05) is 36.4 Å². The summed E-state index contributed by atoms with van der Waals surface area (Å²) in [4.78, 5) is 0. The fraction of sp³-hybridized carbons (Fsp3) is 0.818. The molecule has 2 atom stereocenters. The molecule has 0 heterocycles. The summed E-state index contributed by atoms with van der Waals surface area (Å²) in [5.74, 6) is 1.63. The van der Waals surface area contributed by atoms with E-state index in [1.54, 1.807) is 0 Å². The van der Waals surface area contributed by atoms with Crippen LogP contribution in [0.1, 0.15) is 33.1 Å². The molecular weight excluding hydrogens is 228 g/mol. The molecule has 0 bridgehead atoms. The van der Waals surface area contributed by atoms with Gasteiger partial charge in [-0.15, -0.1) is 0 Å². The molecule has 1 saturated carbocycles. The highest BCUT2D eigenvalue weighted by Gasteiger charge is 2.24. The molecule has 2 unspecified atom stereocenters. The van der Waals surface area contributed by atoms with Gasteiger partial charge in [-0.05, 0) is 31.1 Å². The summed E-state index contributed by atoms with van der Waals surface area (Å²) in [6.07, 6.45) is 4.23. The minimum absolute atomic E-state index is 0.452. The molecule has 0 amide bonds. The first-order valence-electron chi connectivity index (χ1n) is 5.02. The van der Waals surface area contributed by atoms with Crippen molar-refractivity contribution in [1.29, 1.82) is 0 Å². The van der Waals surface area contributed by atoms with Gasteiger partial charge in [0.1, 0.15) is 0 Å². The molecule has 1 nitrogen and oxygen atoms in total. The maximum absolute atomic E-state index is 5.74. The second kappa shape index (κ2) is 5.16. The first-order valence-corrected chi connectivity index (χ1v) is 5.82. The van der Waals surface area contributed by atoms with Gasteiger partial charge in [0, 0.05) is 4.48 Å². The van der Waals surface area contributed by atoms with E-state index >= 15 is 0 Å². The lowest BCUT2D eigenvalue weighted by Gasteiger charge is -2.31. The zero-order valence-electron chi connectivity index (χ0n) is 8.55. The van der Waals surface area contributed by atoms with E-state index in [0.29, 0.717) is 12.7 Å². The first-order chi connectivity index (χ1) is 6.08. The Morgan fingerprint density at radius 3 is 2.31 bits per heavy atom. The Morgan fingerprint density at radius 1 is 1.31 bits per heavy atom. The molecule has 13 heavy (non-hydrogen) atoms. The minimum atomic E-state index is 0.452. The highest BCUT2D eigenvalue weighted by molar-refractivity contribution is 9.11. The molecule has 0 aromatic carbocycles. The van der Waals surface area contributed by atoms with Crippen LogP contribution in [0.3, 0.4) is 0 Å². The molecule has 0 spiro atoms. The van der Waals surface area contributed by atoms with Gasteiger partial charge in [0.25, 0.3) is 0 Å². The van der Waals surface area contributed by atoms with Gasteiger partial charge in [-0.3, -0.25) is 0 Å². The number of ether oxygens (including phenoxy) is 1. The molecule has 2 heteroatoms. The molecular formula is C11H19BrO. The van der Waals surface area contributed by atoms with Crippen LogP contribution in [0.5, 0.6) is 0 Å². The Morgan fingerprint density at radius 2 is 1.85 bits per heavy atom. The van der Waals surface area contributed by atoms with Crippen LogP contribution in [0.2, 0.25) is 0 Å². The van der Waals surface area contributed by atoms with Gasteiger partial charge in [0.2, 0.25) is 0 Å². The fourth-order valence-corrected chi connectivity index (χ4v) is 2.35. The fourth-order valence-electron chi connectivity index (χ4n) is 2.22. The maximum Gasteiger partial charge on any atom is 0.0779 e. The lowest BCUT2D eigenvalue weighted by molar-refractivity contribution is 0.0151. The van der Waals surface area contributed by atoms with Gasteiger partial charge in [0.05, 0.1) is 12.7 Å². The van der Waals surface area contributed by atoms with Crippen molar-refractivity contribution in [3.63, 3.8) is 0 Å². The lowest BCUT2D eigenvalue weighted by atomic mass is 9.82. The topological polar surface area (TPSA) is 9.23 Å². The van der Waals surface area contributed by atoms with E-state index in [4.69, 9.17) is 4.74 Å². The summed E-state index contributed by atoms with van der Waals surface area (Å²) < 4.78 is 6.68. The number of rotatable bonds is 3. The monoisotopic (exact) mass is 246 g/mol. The average Bonchev–Trinajstić information content (AvgIpc) is 1.99. The molecule has 0 aliphatic heterocycles. The Labute approximate surface area is 89.7 Å². The smallest absolute Gasteiger partial charge is 0.0779 e. The zero-order chi connectivity index (χ0) is 9.84. The van der Waals surface area contributed by atoms with Gasteiger partial charge >= 0.3 is 0 Å². The van der Waals surface area contributed by atoms with E-state index in [0.717, 1.165) is 16.3 Å². The molecule has 0 N–H and O–H groups in total. The Kier molecular flexibility index (Phi) is 4.47. The van der Waals surface area contributed by atoms with Crippen LogP contribution in [-0.4, -0.2) is 12.7 Å². The van der Waals surface area contributed by atoms with Crippen LogP contribution in [0.15, 0.2) is 11.1 Å². The van der Waals surface area contributed by atoms with E-state index < -0.39 is 0 Å². The Balaban J connectivity index is 2.28. The molecule has 0 aromatic rings. The van der Waals surface area contributed by atoms with E-state index in [2.05, 4.69) is 36.4 Å². The number of hydrogen-bond donors (Lipinski definition) is 0. The summed E-state index contributed by atoms with van der Waals surface area (Å²) in [7, 11) is 0. The van der Waals surface area contributed by atoms with Crippen molar-refractivity contribution in [3.05, 3.63) is 11.1 Å². The van der Waals surface area contributed by atoms with Gasteiger partial charge in [0.15, 0.2) is 0 Å². The predicted octanol–water partition coefficient (Wildman–Crippen LogP) is 3.74. The molecule has 1 aliphatic rings. The third-order valence-electron chi connectivity index (χ3n) is 2.61. The van der Waals surface area contributed by atoms with Crippen molar-refractivity contribution >= 4 is 15.9 Å². The second-order valence-electron chi connectivity index (χ2n) is 4.37. The molecule has 76 valence electrons. The van der Waals surface area contributed by atoms with Gasteiger partial charge < -0.3 is 4.74 Å². The van der Waals surface area contributed by atoms with Crippen molar-refractivity contribution in [3.8, 4) is 0 Å². The standard InChI is InChI=1S/C11H19BrO/c1-8-4-9(2)6-11(5-8)13-7-10(3)12/h8-9,11H,3-7H2,1-2H3. The van der Waals surface area contributed by atoms with Crippen molar-refractivity contribution in [2.75, 3.05) is 6.61 Å². The molecule has 1 rings (SSSR count). The van der Waals surface area contributed by atoms with Crippen LogP contribution in [0, 0.1) is 11.8 Å². The predicted molar refractivity (Wildman–Crippen MR) is 60.0 cm³/mol. The highest BCUT2D eigenvalue weighted by atomic mass is 79.9. The van der Waals surface area contributed by atoms with E-state index in [1.807, 2.05) is 0 Å². The maximum atomic E-state index is 5.74. The quantitative estimate of drug-likeness (QED) is 0.738. The van der Waals surface area contributed by atoms with Crippen molar-refractivity contribution < 1.29 is 4.74 Å². The highest BCUT2D eigenvalue weighted by Crippen LogP contribution is 2.30. The van der Waals surface area contributed by atoms with E-state index in [1.165, 1.54) is 19.3 Å². The Hall–Kier alpha value is 0.180. The molecule has 1 fully saturated rings. The minimum Gasteiger partial charge on any atom is -0.373 e. The van der Waals surface area contributed by atoms with Crippen LogP contribution in [0.25, 0.3) is 0 Å². The van der Waals surface area contributed by atoms with Gasteiger partial charge in [-0.2, -0.15) is 0 Å². The number of halogens is 1. The number of hydrogen-bond acceptors (Lipinski definition) is 1. The van der Waals surface area contributed by atoms with Crippen molar-refractivity contribution in [2.45, 2.75) is 39.2 Å². The normalized spacial score (nSPS) is 34.5. The summed E-state index contributed by atoms with van der Waals surface area (Å²) in [5.41, 5.74) is 0. The van der Waals surface area contributed by atoms with Crippen LogP contribution in [-0.2, 0) is 4.74 Å². The van der Waals surface area contributed by atoms with E-state index in [-0.39, 0.29) is 0 Å². The van der Waals surface area contributed by atoms with E-state index in [9.17, 15) is 0 Å². The summed E-state index contributed by atoms with van der Waals surface area (Å²) in [6, 6.07) is 0. The second-order valence-corrected chi connectivity index (χ2v) is 5.49. The Bertz CT molecular complexity index is 169. The van der Waals surface area contributed by atoms with Crippen molar-refractivity contribution in [1.82, 2.24) is 0 Å². The SMILES string of the molecule is C=C(Br)COC1CC(C)CC(C)C1. The summed E-state index contributed by atoms with van der Waals surface area (Å²) >= 11 is 3.31. The van der Waals surface area contributed by atoms with Crippen molar-refractivity contribution in [2.24, 2.45) is 11.8 Å². The average molecular weight is 247 g/mol. The first kappa shape index (κ1) is 11.3. The summed E-state index contributed by atoms with van der Waals surface area (Å²) in [5, 5.41) is 0. The van der Waals surface area contributed by atoms with Crippen LogP contribution < -0.4 is 0 Å². The third-order valence-corrected chi connectivity index (χ3v) is 2.84. The molecule has 1 aliphatic carbocycles. The molecule has 0 radical (unpaired) electrons. The summed E-state index contributed by atoms with van der Waals surface area (Å²) in [6.45, 7) is 9.06. The van der Waals surface area contributed by atoms with Gasteiger partial charge in [-0.25, -0.2) is 0 Å². The third kappa shape index (κ3) is 4.28. The zero-order valence-corrected chi connectivity index (χ0v) is 10.1. The van der Waals surface area contributed by atoms with Crippen LogP contribution in [0.4, 0.5) is 0 Å². The lowest BCUT2D eigenvalue weighted by Crippen LogP contribution is -2.26.